The van der Waals surface area contributed by atoms with E-state index in [0.717, 1.165) is 53.3 Å². The molecular weight excluding hydrogens is 452 g/mol. The van der Waals surface area contributed by atoms with Crippen molar-refractivity contribution in [2.75, 3.05) is 0 Å². The largest absolute Gasteiger partial charge is 0.334 e. The van der Waals surface area contributed by atoms with Crippen LogP contribution in [0.5, 0.6) is 0 Å². The van der Waals surface area contributed by atoms with Crippen LogP contribution in [0.4, 0.5) is 0 Å². The molecule has 0 amide bonds. The Hall–Kier alpha value is -4.27. The first-order chi connectivity index (χ1) is 17.5. The number of hydrogen-bond donors (Lipinski definition) is 1. The van der Waals surface area contributed by atoms with E-state index in [9.17, 15) is 4.79 Å². The smallest absolute Gasteiger partial charge is 0.334 e. The third-order valence-electron chi connectivity index (χ3n) is 6.15. The van der Waals surface area contributed by atoms with Crippen LogP contribution in [0.1, 0.15) is 38.4 Å². The van der Waals surface area contributed by atoms with Gasteiger partial charge in [-0.3, -0.25) is 14.1 Å². The standard InChI is InChI=1S/C27H30N8O/c1-4-8-21-18-35(25-11-7-14-33(25)16-19(2)3)27(36)34(21)17-20-12-13-24(28-15-20)22-9-5-6-10-23(22)26-29-31-32-30-26/h5-7,9-15,18-19H,4,8,16-17H2,1-3H3,(H,29,30,31,32). The lowest BCUT2D eigenvalue weighted by Gasteiger charge is -2.11. The van der Waals surface area contributed by atoms with E-state index in [4.69, 9.17) is 4.98 Å². The summed E-state index contributed by atoms with van der Waals surface area (Å²) < 4.78 is 5.78. The van der Waals surface area contributed by atoms with Gasteiger partial charge in [0.1, 0.15) is 5.82 Å². The number of tetrazole rings is 1. The zero-order valence-corrected chi connectivity index (χ0v) is 20.8. The summed E-state index contributed by atoms with van der Waals surface area (Å²) in [6, 6.07) is 15.9. The summed E-state index contributed by atoms with van der Waals surface area (Å²) in [6.07, 6.45) is 7.65. The summed E-state index contributed by atoms with van der Waals surface area (Å²) in [5.41, 5.74) is 4.58. The lowest BCUT2D eigenvalue weighted by atomic mass is 10.0. The Kier molecular flexibility index (Phi) is 6.62. The van der Waals surface area contributed by atoms with E-state index >= 15 is 0 Å². The fraction of sp³-hybridized carbons (Fsp3) is 0.296. The van der Waals surface area contributed by atoms with E-state index in [1.807, 2.05) is 71.7 Å². The Bertz CT molecular complexity index is 1490. The number of nitrogens with zero attached hydrogens (tertiary/aromatic N) is 7. The second-order valence-electron chi connectivity index (χ2n) is 9.37. The average Bonchev–Trinajstić information content (AvgIpc) is 3.63. The Balaban J connectivity index is 1.46. The Morgan fingerprint density at radius 1 is 1.03 bits per heavy atom. The quantitative estimate of drug-likeness (QED) is 0.337. The van der Waals surface area contributed by atoms with Crippen LogP contribution in [-0.2, 0) is 19.5 Å². The van der Waals surface area contributed by atoms with Gasteiger partial charge in [-0.25, -0.2) is 9.89 Å². The molecule has 0 unspecified atom stereocenters. The molecule has 0 saturated carbocycles. The van der Waals surface area contributed by atoms with Crippen LogP contribution in [0, 0.1) is 5.92 Å². The Labute approximate surface area is 209 Å². The molecule has 5 aromatic rings. The number of benzene rings is 1. The first kappa shape index (κ1) is 23.5. The van der Waals surface area contributed by atoms with Gasteiger partial charge < -0.3 is 4.57 Å². The SMILES string of the molecule is CCCc1cn(-c2cccn2CC(C)C)c(=O)n1Cc1ccc(-c2ccccc2-c2nnn[nH]2)nc1. The third-order valence-corrected chi connectivity index (χ3v) is 6.15. The number of imidazole rings is 1. The van der Waals surface area contributed by atoms with Crippen molar-refractivity contribution in [1.82, 2.24) is 39.3 Å². The highest BCUT2D eigenvalue weighted by Crippen LogP contribution is 2.28. The van der Waals surface area contributed by atoms with Gasteiger partial charge in [0.05, 0.1) is 12.2 Å². The van der Waals surface area contributed by atoms with Crippen molar-refractivity contribution in [3.63, 3.8) is 0 Å². The van der Waals surface area contributed by atoms with Crippen molar-refractivity contribution in [3.8, 4) is 28.5 Å². The van der Waals surface area contributed by atoms with Crippen molar-refractivity contribution in [3.05, 3.63) is 88.9 Å². The molecule has 0 radical (unpaired) electrons. The molecule has 4 aromatic heterocycles. The van der Waals surface area contributed by atoms with Crippen molar-refractivity contribution in [2.24, 2.45) is 5.92 Å². The predicted molar refractivity (Wildman–Crippen MR) is 139 cm³/mol. The highest BCUT2D eigenvalue weighted by Gasteiger charge is 2.16. The zero-order valence-electron chi connectivity index (χ0n) is 20.8. The number of H-pyrrole nitrogens is 1. The zero-order chi connectivity index (χ0) is 25.1. The van der Waals surface area contributed by atoms with Crippen LogP contribution >= 0.6 is 0 Å². The molecular formula is C27H30N8O. The Morgan fingerprint density at radius 2 is 1.86 bits per heavy atom. The van der Waals surface area contributed by atoms with Crippen molar-refractivity contribution in [1.29, 1.82) is 0 Å². The van der Waals surface area contributed by atoms with Crippen LogP contribution in [0.2, 0.25) is 0 Å². The molecule has 0 spiro atoms. The number of hydrogen-bond acceptors (Lipinski definition) is 5. The molecule has 0 fully saturated rings. The molecule has 0 saturated heterocycles. The van der Waals surface area contributed by atoms with Gasteiger partial charge in [0.15, 0.2) is 5.82 Å². The minimum Gasteiger partial charge on any atom is -0.334 e. The van der Waals surface area contributed by atoms with E-state index in [0.29, 0.717) is 18.3 Å². The summed E-state index contributed by atoms with van der Waals surface area (Å²) in [7, 11) is 0. The van der Waals surface area contributed by atoms with Gasteiger partial charge in [0, 0.05) is 42.0 Å². The van der Waals surface area contributed by atoms with Crippen LogP contribution in [0.3, 0.4) is 0 Å². The minimum absolute atomic E-state index is 0.0330. The van der Waals surface area contributed by atoms with Gasteiger partial charge in [-0.15, -0.1) is 5.10 Å². The topological polar surface area (TPSA) is 99.2 Å². The van der Waals surface area contributed by atoms with Crippen molar-refractivity contribution in [2.45, 2.75) is 46.7 Å². The van der Waals surface area contributed by atoms with Gasteiger partial charge in [0.2, 0.25) is 0 Å². The molecule has 184 valence electrons. The number of nitrogens with one attached hydrogen (secondary N) is 1. The molecule has 9 nitrogen and oxygen atoms in total. The molecule has 0 aliphatic heterocycles. The fourth-order valence-electron chi connectivity index (χ4n) is 4.53. The summed E-state index contributed by atoms with van der Waals surface area (Å²) >= 11 is 0. The maximum Gasteiger partial charge on any atom is 0.334 e. The lowest BCUT2D eigenvalue weighted by molar-refractivity contribution is 0.516. The number of aryl methyl sites for hydroxylation is 1. The molecule has 0 aliphatic carbocycles. The molecule has 1 aromatic carbocycles. The number of aromatic amines is 1. The molecule has 0 atom stereocenters. The third kappa shape index (κ3) is 4.64. The number of rotatable bonds is 9. The summed E-state index contributed by atoms with van der Waals surface area (Å²) in [5, 5.41) is 14.2. The second-order valence-corrected chi connectivity index (χ2v) is 9.37. The summed E-state index contributed by atoms with van der Waals surface area (Å²) in [6.45, 7) is 7.81. The maximum atomic E-state index is 13.5. The molecule has 0 bridgehead atoms. The highest BCUT2D eigenvalue weighted by molar-refractivity contribution is 5.78. The number of pyridine rings is 1. The minimum atomic E-state index is -0.0330. The fourth-order valence-corrected chi connectivity index (χ4v) is 4.53. The van der Waals surface area contributed by atoms with Gasteiger partial charge >= 0.3 is 5.69 Å². The van der Waals surface area contributed by atoms with Crippen LogP contribution in [0.25, 0.3) is 28.5 Å². The van der Waals surface area contributed by atoms with E-state index in [1.165, 1.54) is 0 Å². The normalized spacial score (nSPS) is 11.4. The highest BCUT2D eigenvalue weighted by atomic mass is 16.1. The van der Waals surface area contributed by atoms with Crippen LogP contribution < -0.4 is 5.69 Å². The predicted octanol–water partition coefficient (Wildman–Crippen LogP) is 4.34. The summed E-state index contributed by atoms with van der Waals surface area (Å²) in [5.74, 6) is 1.98. The maximum absolute atomic E-state index is 13.5. The molecule has 4 heterocycles. The van der Waals surface area contributed by atoms with E-state index in [-0.39, 0.29) is 5.69 Å². The van der Waals surface area contributed by atoms with Gasteiger partial charge in [-0.1, -0.05) is 57.5 Å². The van der Waals surface area contributed by atoms with Crippen LogP contribution in [-0.4, -0.2) is 39.3 Å². The van der Waals surface area contributed by atoms with E-state index < -0.39 is 0 Å². The van der Waals surface area contributed by atoms with Gasteiger partial charge in [-0.2, -0.15) is 0 Å². The molecule has 9 heteroatoms. The molecule has 0 aliphatic rings. The number of aromatic nitrogens is 8. The first-order valence-corrected chi connectivity index (χ1v) is 12.3. The average molecular weight is 483 g/mol. The molecule has 5 rings (SSSR count). The summed E-state index contributed by atoms with van der Waals surface area (Å²) in [4.78, 5) is 18.3. The molecule has 1 N–H and O–H groups in total. The molecule has 36 heavy (non-hydrogen) atoms. The van der Waals surface area contributed by atoms with E-state index in [2.05, 4.69) is 46.0 Å². The van der Waals surface area contributed by atoms with Gasteiger partial charge in [-0.05, 0) is 46.5 Å². The monoisotopic (exact) mass is 482 g/mol. The van der Waals surface area contributed by atoms with Crippen molar-refractivity contribution >= 4 is 0 Å². The lowest BCUT2D eigenvalue weighted by Crippen LogP contribution is -2.26. The van der Waals surface area contributed by atoms with Gasteiger partial charge in [0.25, 0.3) is 0 Å². The Morgan fingerprint density at radius 3 is 2.56 bits per heavy atom. The second kappa shape index (κ2) is 10.2. The van der Waals surface area contributed by atoms with Crippen LogP contribution in [0.15, 0.2) is 71.9 Å². The first-order valence-electron chi connectivity index (χ1n) is 12.3. The van der Waals surface area contributed by atoms with Crippen molar-refractivity contribution < 1.29 is 0 Å². The van der Waals surface area contributed by atoms with E-state index in [1.54, 1.807) is 4.57 Å².